The molecule has 2 rings (SSSR count). The van der Waals surface area contributed by atoms with Gasteiger partial charge in [0.25, 0.3) is 0 Å². The van der Waals surface area contributed by atoms with Crippen molar-refractivity contribution >= 4 is 5.78 Å². The first-order valence-electron chi connectivity index (χ1n) is 7.27. The van der Waals surface area contributed by atoms with Gasteiger partial charge in [0.15, 0.2) is 17.3 Å². The zero-order valence-electron chi connectivity index (χ0n) is 12.2. The van der Waals surface area contributed by atoms with Crippen molar-refractivity contribution in [1.82, 2.24) is 4.90 Å². The van der Waals surface area contributed by atoms with Crippen LogP contribution in [-0.2, 0) is 0 Å². The first kappa shape index (κ1) is 14.9. The number of carbonyl (C=O) groups is 1. The van der Waals surface area contributed by atoms with E-state index in [1.165, 1.54) is 12.1 Å². The smallest absolute Gasteiger partial charge is 0.176 e. The number of hydrogen-bond acceptors (Lipinski definition) is 4. The van der Waals surface area contributed by atoms with Gasteiger partial charge < -0.3 is 10.2 Å². The Labute approximate surface area is 120 Å². The molecule has 0 bridgehead atoms. The van der Waals surface area contributed by atoms with Gasteiger partial charge in [0.2, 0.25) is 0 Å². The summed E-state index contributed by atoms with van der Waals surface area (Å²) in [6.45, 7) is 6.74. The summed E-state index contributed by atoms with van der Waals surface area (Å²) < 4.78 is 0. The van der Waals surface area contributed by atoms with Crippen LogP contribution < -0.4 is 0 Å². The number of nitrogens with zero attached hydrogens (tertiary/aromatic N) is 1. The molecule has 0 atom stereocenters. The largest absolute Gasteiger partial charge is 0.504 e. The van der Waals surface area contributed by atoms with E-state index in [0.29, 0.717) is 17.5 Å². The summed E-state index contributed by atoms with van der Waals surface area (Å²) in [7, 11) is 0. The first-order valence-corrected chi connectivity index (χ1v) is 7.27. The second kappa shape index (κ2) is 5.83. The normalized spacial score (nSPS) is 18.3. The number of rotatable bonds is 5. The zero-order chi connectivity index (χ0) is 14.8. The minimum atomic E-state index is -0.242. The molecule has 1 heterocycles. The average molecular weight is 277 g/mol. The number of benzene rings is 1. The molecule has 1 aromatic rings. The number of aromatic hydroxyl groups is 2. The molecule has 0 saturated carbocycles. The van der Waals surface area contributed by atoms with Crippen LogP contribution in [0.15, 0.2) is 18.2 Å². The summed E-state index contributed by atoms with van der Waals surface area (Å²) in [6, 6.07) is 4.25. The van der Waals surface area contributed by atoms with Crippen LogP contribution in [0.5, 0.6) is 11.5 Å². The highest BCUT2D eigenvalue weighted by Crippen LogP contribution is 2.37. The molecule has 110 valence electrons. The lowest BCUT2D eigenvalue weighted by Crippen LogP contribution is -2.30. The molecule has 0 aromatic heterocycles. The predicted molar refractivity (Wildman–Crippen MR) is 78.2 cm³/mol. The van der Waals surface area contributed by atoms with Crippen LogP contribution in [0.3, 0.4) is 0 Å². The van der Waals surface area contributed by atoms with Gasteiger partial charge in [0.1, 0.15) is 0 Å². The maximum atomic E-state index is 12.2. The van der Waals surface area contributed by atoms with Crippen molar-refractivity contribution in [3.05, 3.63) is 23.8 Å². The van der Waals surface area contributed by atoms with Gasteiger partial charge >= 0.3 is 0 Å². The van der Waals surface area contributed by atoms with Crippen LogP contribution in [0.4, 0.5) is 0 Å². The topological polar surface area (TPSA) is 60.8 Å². The number of phenolic OH excluding ortho intramolecular Hbond substituents is 2. The van der Waals surface area contributed by atoms with Gasteiger partial charge in [0.05, 0.1) is 6.54 Å². The molecule has 0 radical (unpaired) electrons. The summed E-state index contributed by atoms with van der Waals surface area (Å²) in [5.41, 5.74) is 0.808. The summed E-state index contributed by atoms with van der Waals surface area (Å²) in [5.74, 6) is -0.448. The number of Topliss-reactive ketones (excluding diaryl/α,β-unsaturated/α-hetero) is 1. The molecule has 1 aromatic carbocycles. The molecule has 1 saturated heterocycles. The van der Waals surface area contributed by atoms with Crippen LogP contribution in [0.25, 0.3) is 0 Å². The van der Waals surface area contributed by atoms with E-state index in [4.69, 9.17) is 0 Å². The second-order valence-electron chi connectivity index (χ2n) is 5.79. The molecule has 2 N–H and O–H groups in total. The fourth-order valence-corrected chi connectivity index (χ4v) is 2.98. The molecule has 0 spiro atoms. The molecule has 0 aliphatic carbocycles. The van der Waals surface area contributed by atoms with E-state index in [1.807, 2.05) is 0 Å². The van der Waals surface area contributed by atoms with E-state index in [2.05, 4.69) is 18.7 Å². The third kappa shape index (κ3) is 2.96. The lowest BCUT2D eigenvalue weighted by molar-refractivity contribution is 0.0936. The van der Waals surface area contributed by atoms with Crippen molar-refractivity contribution in [3.63, 3.8) is 0 Å². The van der Waals surface area contributed by atoms with Crippen LogP contribution in [0.1, 0.15) is 43.5 Å². The Hall–Kier alpha value is -1.55. The van der Waals surface area contributed by atoms with Gasteiger partial charge in [-0.2, -0.15) is 0 Å². The zero-order valence-corrected chi connectivity index (χ0v) is 12.2. The summed E-state index contributed by atoms with van der Waals surface area (Å²) >= 11 is 0. The molecule has 1 aliphatic rings. The van der Waals surface area contributed by atoms with Gasteiger partial charge in [-0.25, -0.2) is 0 Å². The number of carbonyl (C=O) groups excluding carboxylic acids is 1. The van der Waals surface area contributed by atoms with E-state index in [-0.39, 0.29) is 17.3 Å². The minimum Gasteiger partial charge on any atom is -0.504 e. The molecule has 1 fully saturated rings. The van der Waals surface area contributed by atoms with Crippen molar-refractivity contribution in [2.45, 2.75) is 33.1 Å². The van der Waals surface area contributed by atoms with E-state index >= 15 is 0 Å². The molecule has 0 unspecified atom stereocenters. The van der Waals surface area contributed by atoms with Gasteiger partial charge in [-0.3, -0.25) is 9.69 Å². The van der Waals surface area contributed by atoms with E-state index in [0.717, 1.165) is 32.4 Å². The number of likely N-dealkylation sites (tertiary alicyclic amines) is 1. The van der Waals surface area contributed by atoms with Crippen LogP contribution in [0, 0.1) is 5.41 Å². The van der Waals surface area contributed by atoms with Crippen molar-refractivity contribution in [2.24, 2.45) is 5.41 Å². The Morgan fingerprint density at radius 1 is 1.25 bits per heavy atom. The average Bonchev–Trinajstić information content (AvgIpc) is 2.86. The molecular formula is C16H23NO3. The van der Waals surface area contributed by atoms with Crippen molar-refractivity contribution < 1.29 is 15.0 Å². The SMILES string of the molecule is CCC1(CC)CCN(CC(=O)c2ccc(O)c(O)c2)C1. The number of ketones is 1. The lowest BCUT2D eigenvalue weighted by Gasteiger charge is -2.26. The standard InChI is InChI=1S/C16H23NO3/c1-3-16(4-2)7-8-17(11-16)10-15(20)12-5-6-13(18)14(19)9-12/h5-6,9,18-19H,3-4,7-8,10-11H2,1-2H3. The fraction of sp³-hybridized carbons (Fsp3) is 0.562. The Morgan fingerprint density at radius 3 is 2.50 bits per heavy atom. The van der Waals surface area contributed by atoms with Gasteiger partial charge in [-0.05, 0) is 49.4 Å². The highest BCUT2D eigenvalue weighted by Gasteiger charge is 2.35. The lowest BCUT2D eigenvalue weighted by atomic mass is 9.82. The Bertz CT molecular complexity index is 494. The number of hydrogen-bond donors (Lipinski definition) is 2. The molecule has 0 amide bonds. The quantitative estimate of drug-likeness (QED) is 0.642. The van der Waals surface area contributed by atoms with Gasteiger partial charge in [-0.15, -0.1) is 0 Å². The summed E-state index contributed by atoms with van der Waals surface area (Å²) in [6.07, 6.45) is 3.44. The van der Waals surface area contributed by atoms with E-state index in [9.17, 15) is 15.0 Å². The van der Waals surface area contributed by atoms with Gasteiger partial charge in [0, 0.05) is 12.1 Å². The van der Waals surface area contributed by atoms with Crippen LogP contribution in [-0.4, -0.2) is 40.5 Å². The number of phenols is 2. The highest BCUT2D eigenvalue weighted by atomic mass is 16.3. The molecular weight excluding hydrogens is 254 g/mol. The minimum absolute atomic E-state index is 0.0108. The predicted octanol–water partition coefficient (Wildman–Crippen LogP) is 2.79. The maximum Gasteiger partial charge on any atom is 0.176 e. The Balaban J connectivity index is 2.00. The Kier molecular flexibility index (Phi) is 4.33. The molecule has 20 heavy (non-hydrogen) atoms. The summed E-state index contributed by atoms with van der Waals surface area (Å²) in [5, 5.41) is 18.7. The van der Waals surface area contributed by atoms with E-state index in [1.54, 1.807) is 6.07 Å². The van der Waals surface area contributed by atoms with Crippen LogP contribution >= 0.6 is 0 Å². The monoisotopic (exact) mass is 277 g/mol. The fourth-order valence-electron chi connectivity index (χ4n) is 2.98. The Morgan fingerprint density at radius 2 is 1.95 bits per heavy atom. The first-order chi connectivity index (χ1) is 9.49. The molecule has 4 heteroatoms. The second-order valence-corrected chi connectivity index (χ2v) is 5.79. The molecule has 1 aliphatic heterocycles. The third-order valence-electron chi connectivity index (χ3n) is 4.68. The van der Waals surface area contributed by atoms with Crippen molar-refractivity contribution in [3.8, 4) is 11.5 Å². The van der Waals surface area contributed by atoms with E-state index < -0.39 is 0 Å². The van der Waals surface area contributed by atoms with Crippen molar-refractivity contribution in [2.75, 3.05) is 19.6 Å². The van der Waals surface area contributed by atoms with Crippen LogP contribution in [0.2, 0.25) is 0 Å². The van der Waals surface area contributed by atoms with Crippen molar-refractivity contribution in [1.29, 1.82) is 0 Å². The third-order valence-corrected chi connectivity index (χ3v) is 4.68. The summed E-state index contributed by atoms with van der Waals surface area (Å²) in [4.78, 5) is 14.4. The molecule has 4 nitrogen and oxygen atoms in total. The highest BCUT2D eigenvalue weighted by molar-refractivity contribution is 5.98. The van der Waals surface area contributed by atoms with Gasteiger partial charge in [-0.1, -0.05) is 13.8 Å². The maximum absolute atomic E-state index is 12.2.